The van der Waals surface area contributed by atoms with Crippen molar-refractivity contribution in [2.45, 2.75) is 24.3 Å². The molecule has 0 saturated carbocycles. The number of rotatable bonds is 2. The largest absolute Gasteiger partial charge is 0.314 e. The highest BCUT2D eigenvalue weighted by atomic mass is 32.2. The summed E-state index contributed by atoms with van der Waals surface area (Å²) >= 11 is 0. The van der Waals surface area contributed by atoms with Gasteiger partial charge < -0.3 is 11.1 Å². The number of nitrogens with one attached hydrogen (secondary N) is 1. The van der Waals surface area contributed by atoms with Gasteiger partial charge in [-0.05, 0) is 19.4 Å². The maximum atomic E-state index is 11.0. The third-order valence-electron chi connectivity index (χ3n) is 1.99. The van der Waals surface area contributed by atoms with Crippen LogP contribution in [-0.4, -0.2) is 32.6 Å². The molecule has 0 spiro atoms. The molecule has 0 bridgehead atoms. The van der Waals surface area contributed by atoms with Gasteiger partial charge in [-0.15, -0.1) is 0 Å². The van der Waals surface area contributed by atoms with Gasteiger partial charge in [0.2, 0.25) is 0 Å². The van der Waals surface area contributed by atoms with E-state index >= 15 is 0 Å². The molecule has 3 N–H and O–H groups in total. The summed E-state index contributed by atoms with van der Waals surface area (Å²) in [6.45, 7) is 0.883. The van der Waals surface area contributed by atoms with E-state index in [1.165, 1.54) is 6.26 Å². The van der Waals surface area contributed by atoms with Gasteiger partial charge in [-0.3, -0.25) is 0 Å². The zero-order valence-corrected chi connectivity index (χ0v) is 7.39. The predicted octanol–water partition coefficient (Wildman–Crippen LogP) is -0.932. The number of hydrogen-bond donors (Lipinski definition) is 2. The van der Waals surface area contributed by atoms with E-state index in [-0.39, 0.29) is 6.04 Å². The predicted molar refractivity (Wildman–Crippen MR) is 43.8 cm³/mol. The van der Waals surface area contributed by atoms with Gasteiger partial charge in [0.1, 0.15) is 5.37 Å². The van der Waals surface area contributed by atoms with E-state index in [1.807, 2.05) is 0 Å². The average Bonchev–Trinajstić information content (AvgIpc) is 2.34. The van der Waals surface area contributed by atoms with Crippen LogP contribution in [0.25, 0.3) is 0 Å². The lowest BCUT2D eigenvalue weighted by molar-refractivity contribution is 0.531. The monoisotopic (exact) mass is 178 g/mol. The molecular weight excluding hydrogens is 164 g/mol. The topological polar surface area (TPSA) is 72.2 Å². The van der Waals surface area contributed by atoms with Crippen LogP contribution in [0.15, 0.2) is 0 Å². The fraction of sp³-hybridized carbons (Fsp3) is 1.00. The lowest BCUT2D eigenvalue weighted by Crippen LogP contribution is -2.46. The second-order valence-electron chi connectivity index (χ2n) is 3.00. The average molecular weight is 178 g/mol. The maximum Gasteiger partial charge on any atom is 0.164 e. The van der Waals surface area contributed by atoms with Crippen molar-refractivity contribution in [2.24, 2.45) is 5.73 Å². The first-order valence-electron chi connectivity index (χ1n) is 3.69. The summed E-state index contributed by atoms with van der Waals surface area (Å²) in [6, 6.07) is -0.0370. The first kappa shape index (κ1) is 8.96. The van der Waals surface area contributed by atoms with E-state index in [0.717, 1.165) is 19.4 Å². The summed E-state index contributed by atoms with van der Waals surface area (Å²) in [6.07, 6.45) is 3.07. The minimum atomic E-state index is -3.07. The van der Waals surface area contributed by atoms with Gasteiger partial charge >= 0.3 is 0 Å². The van der Waals surface area contributed by atoms with Crippen LogP contribution in [0.5, 0.6) is 0 Å². The zero-order valence-electron chi connectivity index (χ0n) is 6.58. The quantitative estimate of drug-likeness (QED) is 0.573. The lowest BCUT2D eigenvalue weighted by Gasteiger charge is -2.16. The van der Waals surface area contributed by atoms with Gasteiger partial charge in [-0.2, -0.15) is 0 Å². The Morgan fingerprint density at radius 1 is 1.64 bits per heavy atom. The van der Waals surface area contributed by atoms with Gasteiger partial charge in [0, 0.05) is 12.3 Å². The van der Waals surface area contributed by atoms with Crippen LogP contribution < -0.4 is 11.1 Å². The third-order valence-corrected chi connectivity index (χ3v) is 3.31. The van der Waals surface area contributed by atoms with Crippen molar-refractivity contribution in [3.63, 3.8) is 0 Å². The van der Waals surface area contributed by atoms with E-state index in [9.17, 15) is 8.42 Å². The van der Waals surface area contributed by atoms with Crippen molar-refractivity contribution < 1.29 is 8.42 Å². The Hall–Kier alpha value is -0.130. The van der Waals surface area contributed by atoms with Crippen molar-refractivity contribution in [3.05, 3.63) is 0 Å². The van der Waals surface area contributed by atoms with Crippen LogP contribution in [0.3, 0.4) is 0 Å². The summed E-state index contributed by atoms with van der Waals surface area (Å²) in [5.74, 6) is 0. The molecule has 1 heterocycles. The summed E-state index contributed by atoms with van der Waals surface area (Å²) in [5, 5.41) is 2.33. The van der Waals surface area contributed by atoms with E-state index < -0.39 is 15.2 Å². The van der Waals surface area contributed by atoms with E-state index in [1.54, 1.807) is 0 Å². The Morgan fingerprint density at radius 2 is 2.27 bits per heavy atom. The highest BCUT2D eigenvalue weighted by Gasteiger charge is 2.28. The first-order valence-corrected chi connectivity index (χ1v) is 5.65. The van der Waals surface area contributed by atoms with Crippen LogP contribution >= 0.6 is 0 Å². The first-order chi connectivity index (χ1) is 5.02. The molecule has 1 aliphatic rings. The summed E-state index contributed by atoms with van der Waals surface area (Å²) < 4.78 is 21.9. The second-order valence-corrected chi connectivity index (χ2v) is 5.20. The maximum absolute atomic E-state index is 11.0. The molecule has 1 saturated heterocycles. The molecule has 1 fully saturated rings. The highest BCUT2D eigenvalue weighted by molar-refractivity contribution is 7.91. The summed E-state index contributed by atoms with van der Waals surface area (Å²) in [5.41, 5.74) is 5.51. The SMILES string of the molecule is CS(=O)(=O)C(N)C1CCCN1. The summed E-state index contributed by atoms with van der Waals surface area (Å²) in [7, 11) is -3.07. The van der Waals surface area contributed by atoms with E-state index in [4.69, 9.17) is 5.73 Å². The van der Waals surface area contributed by atoms with Crippen molar-refractivity contribution >= 4 is 9.84 Å². The van der Waals surface area contributed by atoms with Gasteiger partial charge in [0.15, 0.2) is 9.84 Å². The molecule has 11 heavy (non-hydrogen) atoms. The zero-order chi connectivity index (χ0) is 8.48. The molecule has 2 atom stereocenters. The molecule has 2 unspecified atom stereocenters. The smallest absolute Gasteiger partial charge is 0.164 e. The minimum Gasteiger partial charge on any atom is -0.314 e. The van der Waals surface area contributed by atoms with Gasteiger partial charge in [-0.1, -0.05) is 0 Å². The fourth-order valence-electron chi connectivity index (χ4n) is 1.29. The fourth-order valence-corrected chi connectivity index (χ4v) is 2.12. The van der Waals surface area contributed by atoms with Crippen molar-refractivity contribution in [3.8, 4) is 0 Å². The number of sulfone groups is 1. The Balaban J connectivity index is 2.60. The second kappa shape index (κ2) is 3.08. The normalized spacial score (nSPS) is 28.7. The Bertz CT molecular complexity index is 219. The lowest BCUT2D eigenvalue weighted by atomic mass is 10.2. The highest BCUT2D eigenvalue weighted by Crippen LogP contribution is 2.10. The van der Waals surface area contributed by atoms with Crippen LogP contribution in [0, 0.1) is 0 Å². The molecule has 0 aromatic rings. The molecule has 5 heteroatoms. The van der Waals surface area contributed by atoms with E-state index in [2.05, 4.69) is 5.32 Å². The molecule has 0 radical (unpaired) electrons. The Kier molecular flexibility index (Phi) is 2.51. The van der Waals surface area contributed by atoms with Crippen molar-refractivity contribution in [2.75, 3.05) is 12.8 Å². The molecule has 0 aromatic carbocycles. The van der Waals surface area contributed by atoms with Gasteiger partial charge in [-0.25, -0.2) is 8.42 Å². The van der Waals surface area contributed by atoms with Crippen LogP contribution in [0.1, 0.15) is 12.8 Å². The number of hydrogen-bond acceptors (Lipinski definition) is 4. The van der Waals surface area contributed by atoms with Crippen LogP contribution in [0.2, 0.25) is 0 Å². The van der Waals surface area contributed by atoms with Crippen LogP contribution in [0.4, 0.5) is 0 Å². The van der Waals surface area contributed by atoms with Gasteiger partial charge in [0.25, 0.3) is 0 Å². The molecule has 66 valence electrons. The number of nitrogens with two attached hydrogens (primary N) is 1. The minimum absolute atomic E-state index is 0.0370. The van der Waals surface area contributed by atoms with Gasteiger partial charge in [0.05, 0.1) is 0 Å². The molecule has 4 nitrogen and oxygen atoms in total. The summed E-state index contributed by atoms with van der Waals surface area (Å²) in [4.78, 5) is 0. The third kappa shape index (κ3) is 2.15. The Labute approximate surface area is 67.1 Å². The standard InChI is InChI=1S/C6H14N2O2S/c1-11(9,10)6(7)5-3-2-4-8-5/h5-6,8H,2-4,7H2,1H3. The molecule has 1 rings (SSSR count). The van der Waals surface area contributed by atoms with Crippen molar-refractivity contribution in [1.29, 1.82) is 0 Å². The van der Waals surface area contributed by atoms with E-state index in [0.29, 0.717) is 0 Å². The van der Waals surface area contributed by atoms with Crippen LogP contribution in [-0.2, 0) is 9.84 Å². The Morgan fingerprint density at radius 3 is 2.64 bits per heavy atom. The molecule has 0 aliphatic carbocycles. The molecule has 1 aliphatic heterocycles. The molecular formula is C6H14N2O2S. The molecule has 0 amide bonds. The molecule has 0 aromatic heterocycles. The van der Waals surface area contributed by atoms with Crippen molar-refractivity contribution in [1.82, 2.24) is 5.32 Å².